The van der Waals surface area contributed by atoms with Crippen molar-refractivity contribution in [3.05, 3.63) is 52.3 Å². The van der Waals surface area contributed by atoms with Gasteiger partial charge >= 0.3 is 6.36 Å². The average Bonchev–Trinajstić information content (AvgIpc) is 3.09. The largest absolute Gasteiger partial charge is 0.573 e. The van der Waals surface area contributed by atoms with Crippen LogP contribution in [0.2, 0.25) is 0 Å². The number of aliphatic hydroxyl groups excluding tert-OH is 1. The Morgan fingerprint density at radius 2 is 1.91 bits per heavy atom. The zero-order valence-corrected chi connectivity index (χ0v) is 19.5. The molecular weight excluding hydrogens is 552 g/mol. The molecule has 34 heavy (non-hydrogen) atoms. The summed E-state index contributed by atoms with van der Waals surface area (Å²) in [5.41, 5.74) is -2.10. The predicted molar refractivity (Wildman–Crippen MR) is 112 cm³/mol. The number of halogens is 5. The Bertz CT molecular complexity index is 1220. The van der Waals surface area contributed by atoms with Crippen LogP contribution in [-0.4, -0.2) is 61.2 Å². The van der Waals surface area contributed by atoms with E-state index in [1.54, 1.807) is 6.07 Å². The van der Waals surface area contributed by atoms with Gasteiger partial charge in [0.05, 0.1) is 23.7 Å². The fourth-order valence-electron chi connectivity index (χ4n) is 3.38. The van der Waals surface area contributed by atoms with Gasteiger partial charge in [0.15, 0.2) is 0 Å². The van der Waals surface area contributed by atoms with Gasteiger partial charge in [-0.2, -0.15) is 9.57 Å². The fourth-order valence-corrected chi connectivity index (χ4v) is 5.95. The third kappa shape index (κ3) is 5.61. The van der Waals surface area contributed by atoms with Crippen molar-refractivity contribution in [3.63, 3.8) is 0 Å². The maximum Gasteiger partial charge on any atom is 0.573 e. The maximum absolute atomic E-state index is 13.8. The first kappa shape index (κ1) is 26.2. The molecule has 1 heterocycles. The van der Waals surface area contributed by atoms with Crippen LogP contribution < -0.4 is 9.47 Å². The van der Waals surface area contributed by atoms with E-state index in [4.69, 9.17) is 10.00 Å². The third-order valence-corrected chi connectivity index (χ3v) is 7.96. The minimum Gasteiger partial charge on any atom is -0.493 e. The van der Waals surface area contributed by atoms with Crippen molar-refractivity contribution in [2.75, 3.05) is 26.3 Å². The topological polar surface area (TPSA) is 120 Å². The lowest BCUT2D eigenvalue weighted by Gasteiger charge is -2.26. The van der Waals surface area contributed by atoms with Gasteiger partial charge in [-0.3, -0.25) is 0 Å². The van der Waals surface area contributed by atoms with Crippen LogP contribution in [0.5, 0.6) is 11.5 Å². The van der Waals surface area contributed by atoms with Gasteiger partial charge in [0.25, 0.3) is 0 Å². The first-order valence-electron chi connectivity index (χ1n) is 9.50. The van der Waals surface area contributed by atoms with Crippen LogP contribution in [0.1, 0.15) is 5.56 Å². The molecule has 0 bridgehead atoms. The molecule has 14 heteroatoms. The molecule has 0 radical (unpaired) electrons. The van der Waals surface area contributed by atoms with Crippen LogP contribution in [0.25, 0.3) is 0 Å². The minimum absolute atomic E-state index is 0.0288. The molecule has 184 valence electrons. The number of ether oxygens (including phenoxy) is 2. The van der Waals surface area contributed by atoms with Gasteiger partial charge in [-0.15, -0.1) is 13.2 Å². The summed E-state index contributed by atoms with van der Waals surface area (Å²) in [4.78, 5) is -0.377. The summed E-state index contributed by atoms with van der Waals surface area (Å²) in [6, 6.07) is 7.72. The van der Waals surface area contributed by atoms with E-state index in [0.717, 1.165) is 28.6 Å². The molecule has 0 aliphatic carbocycles. The number of benzene rings is 2. The molecule has 0 amide bonds. The van der Waals surface area contributed by atoms with Crippen LogP contribution in [0, 0.1) is 23.1 Å². The van der Waals surface area contributed by atoms with Gasteiger partial charge in [-0.1, -0.05) is 0 Å². The quantitative estimate of drug-likeness (QED) is 0.493. The van der Waals surface area contributed by atoms with Crippen molar-refractivity contribution in [1.29, 1.82) is 5.26 Å². The van der Waals surface area contributed by atoms with Crippen LogP contribution in [-0.2, 0) is 10.0 Å². The molecule has 2 aromatic rings. The van der Waals surface area contributed by atoms with Crippen LogP contribution in [0.15, 0.2) is 45.8 Å². The van der Waals surface area contributed by atoms with Crippen molar-refractivity contribution < 1.29 is 45.7 Å². The molecule has 0 aromatic heterocycles. The van der Waals surface area contributed by atoms with Crippen molar-refractivity contribution in [2.24, 2.45) is 5.92 Å². The van der Waals surface area contributed by atoms with Gasteiger partial charge in [0, 0.05) is 29.5 Å². The SMILES string of the molecule is N#Cc1ccc(OC[C@H]2CN(S(=O)(=O)c3ccc(OC(F)(F)F)cc3Br)C[C@@]2(O)CO)cc1F. The molecule has 3 rings (SSSR count). The number of nitrogens with zero attached hydrogens (tertiary/aromatic N) is 2. The van der Waals surface area contributed by atoms with Crippen molar-refractivity contribution in [3.8, 4) is 17.6 Å². The molecule has 1 saturated heterocycles. The van der Waals surface area contributed by atoms with Gasteiger partial charge < -0.3 is 19.7 Å². The monoisotopic (exact) mass is 568 g/mol. The number of nitriles is 1. The molecular formula is C20H17BrF4N2O6S. The summed E-state index contributed by atoms with van der Waals surface area (Å²) in [6.07, 6.45) is -4.96. The summed E-state index contributed by atoms with van der Waals surface area (Å²) in [7, 11) is -4.32. The van der Waals surface area contributed by atoms with E-state index in [1.807, 2.05) is 0 Å². The summed E-state index contributed by atoms with van der Waals surface area (Å²) in [5, 5.41) is 29.3. The molecule has 0 saturated carbocycles. The van der Waals surface area contributed by atoms with Gasteiger partial charge in [0.2, 0.25) is 10.0 Å². The molecule has 1 aliphatic heterocycles. The van der Waals surface area contributed by atoms with Crippen LogP contribution in [0.3, 0.4) is 0 Å². The van der Waals surface area contributed by atoms with Gasteiger partial charge in [-0.25, -0.2) is 12.8 Å². The van der Waals surface area contributed by atoms with Crippen LogP contribution >= 0.6 is 15.9 Å². The van der Waals surface area contributed by atoms with Crippen molar-refractivity contribution >= 4 is 26.0 Å². The average molecular weight is 569 g/mol. The van der Waals surface area contributed by atoms with E-state index >= 15 is 0 Å². The van der Waals surface area contributed by atoms with Crippen molar-refractivity contribution in [2.45, 2.75) is 16.9 Å². The molecule has 1 fully saturated rings. The lowest BCUT2D eigenvalue weighted by Crippen LogP contribution is -2.44. The first-order chi connectivity index (χ1) is 15.8. The Morgan fingerprint density at radius 1 is 1.24 bits per heavy atom. The molecule has 1 aliphatic rings. The number of rotatable bonds is 7. The number of sulfonamides is 1. The van der Waals surface area contributed by atoms with E-state index in [2.05, 4.69) is 20.7 Å². The second-order valence-electron chi connectivity index (χ2n) is 7.46. The minimum atomic E-state index is -4.96. The highest BCUT2D eigenvalue weighted by Gasteiger charge is 2.49. The van der Waals surface area contributed by atoms with Crippen LogP contribution in [0.4, 0.5) is 17.6 Å². The molecule has 0 spiro atoms. The van der Waals surface area contributed by atoms with E-state index in [0.29, 0.717) is 0 Å². The molecule has 8 nitrogen and oxygen atoms in total. The number of β-amino-alcohol motifs (C(OH)–C–C–N with tert-alkyl or cyclic N) is 1. The summed E-state index contributed by atoms with van der Waals surface area (Å²) < 4.78 is 87.1. The molecule has 2 atom stereocenters. The highest BCUT2D eigenvalue weighted by Crippen LogP contribution is 2.36. The second kappa shape index (κ2) is 9.67. The number of aliphatic hydroxyl groups is 2. The van der Waals surface area contributed by atoms with E-state index in [9.17, 15) is 36.2 Å². The first-order valence-corrected chi connectivity index (χ1v) is 11.7. The fraction of sp³-hybridized carbons (Fsp3) is 0.350. The standard InChI is InChI=1S/C20H17BrF4N2O6S/c21-16-5-15(33-20(23,24)25)3-4-18(16)34(30,31)27-8-13(19(29,10-27)11-28)9-32-14-2-1-12(7-26)17(22)6-14/h1-6,13,28-29H,8-11H2/t13-,19-/m1/s1. The third-order valence-electron chi connectivity index (χ3n) is 5.17. The highest BCUT2D eigenvalue weighted by molar-refractivity contribution is 9.10. The summed E-state index contributed by atoms with van der Waals surface area (Å²) in [5.74, 6) is -2.36. The maximum atomic E-state index is 13.8. The van der Waals surface area contributed by atoms with E-state index in [-0.39, 0.29) is 33.8 Å². The number of hydrogen-bond donors (Lipinski definition) is 2. The Balaban J connectivity index is 1.79. The van der Waals surface area contributed by atoms with Gasteiger partial charge in [-0.05, 0) is 46.3 Å². The smallest absolute Gasteiger partial charge is 0.493 e. The molecule has 2 N–H and O–H groups in total. The Labute approximate surface area is 200 Å². The Morgan fingerprint density at radius 3 is 2.47 bits per heavy atom. The second-order valence-corrected chi connectivity index (χ2v) is 10.2. The van der Waals surface area contributed by atoms with E-state index in [1.165, 1.54) is 12.1 Å². The Kier molecular flexibility index (Phi) is 7.44. The molecule has 2 aromatic carbocycles. The summed E-state index contributed by atoms with van der Waals surface area (Å²) >= 11 is 2.93. The van der Waals surface area contributed by atoms with Crippen molar-refractivity contribution in [1.82, 2.24) is 4.31 Å². The normalized spacial score (nSPS) is 21.3. The van der Waals surface area contributed by atoms with Gasteiger partial charge in [0.1, 0.15) is 29.0 Å². The zero-order valence-electron chi connectivity index (χ0n) is 17.1. The molecule has 0 unspecified atom stereocenters. The lowest BCUT2D eigenvalue weighted by atomic mass is 9.92. The van der Waals surface area contributed by atoms with E-state index < -0.39 is 52.6 Å². The predicted octanol–water partition coefficient (Wildman–Crippen LogP) is 2.78. The number of hydrogen-bond acceptors (Lipinski definition) is 7. The lowest BCUT2D eigenvalue weighted by molar-refractivity contribution is -0.274. The summed E-state index contributed by atoms with van der Waals surface area (Å²) in [6.45, 7) is -1.93. The Hall–Kier alpha value is -2.44. The zero-order chi connectivity index (χ0) is 25.3. The highest BCUT2D eigenvalue weighted by atomic mass is 79.9. The number of alkyl halides is 3.